The van der Waals surface area contributed by atoms with Gasteiger partial charge in [0.2, 0.25) is 0 Å². The molecular weight excluding hydrogens is 687 g/mol. The summed E-state index contributed by atoms with van der Waals surface area (Å²) in [6, 6.07) is 20.5. The molecule has 0 radical (unpaired) electrons. The van der Waals surface area contributed by atoms with Crippen molar-refractivity contribution in [3.8, 4) is 22.5 Å². The van der Waals surface area contributed by atoms with E-state index in [0.717, 1.165) is 73.2 Å². The number of H-pyrrole nitrogens is 2. The average molecular weight is 733 g/mol. The molecule has 2 aromatic carbocycles. The topological polar surface area (TPSA) is 57.4 Å². The molecule has 0 spiro atoms. The number of fused-ring (bicyclic) bond motifs is 12. The first-order valence-electron chi connectivity index (χ1n) is 17.5. The number of halogens is 1. The van der Waals surface area contributed by atoms with Crippen LogP contribution in [0.25, 0.3) is 66.5 Å². The molecule has 0 saturated heterocycles. The molecular formula is C42H45IN4. The molecule has 0 unspecified atom stereocenters. The van der Waals surface area contributed by atoms with Crippen LogP contribution in [0.1, 0.15) is 100 Å². The van der Waals surface area contributed by atoms with Crippen molar-refractivity contribution in [3.63, 3.8) is 0 Å². The molecule has 5 aromatic rings. The van der Waals surface area contributed by atoms with E-state index in [-0.39, 0.29) is 0 Å². The van der Waals surface area contributed by atoms with Gasteiger partial charge < -0.3 is 9.97 Å². The number of aromatic nitrogens is 4. The number of rotatable bonds is 8. The first-order valence-corrected chi connectivity index (χ1v) is 18.6. The Morgan fingerprint density at radius 3 is 1.89 bits per heavy atom. The molecule has 0 amide bonds. The monoisotopic (exact) mass is 732 g/mol. The molecule has 5 heterocycles. The lowest BCUT2D eigenvalue weighted by Gasteiger charge is -2.05. The Labute approximate surface area is 292 Å². The SMILES string of the molecule is CCCCC1=C(C)c2cc3nc(cc4[nH]c(cc5[nH]c(cc1n2)c(CC)c5CC)c(CCCC)c4C)-c1cc2ccc(I)cc2cc1-3. The maximum atomic E-state index is 5.36. The van der Waals surface area contributed by atoms with Gasteiger partial charge >= 0.3 is 0 Å². The van der Waals surface area contributed by atoms with E-state index in [9.17, 15) is 0 Å². The lowest BCUT2D eigenvalue weighted by Crippen LogP contribution is -1.87. The number of allylic oxidation sites excluding steroid dienone is 2. The summed E-state index contributed by atoms with van der Waals surface area (Å²) in [6.07, 6.45) is 8.67. The van der Waals surface area contributed by atoms with E-state index in [4.69, 9.17) is 9.97 Å². The summed E-state index contributed by atoms with van der Waals surface area (Å²) in [7, 11) is 0. The Morgan fingerprint density at radius 2 is 1.17 bits per heavy atom. The maximum Gasteiger partial charge on any atom is 0.0738 e. The summed E-state index contributed by atoms with van der Waals surface area (Å²) in [5, 5.41) is 2.48. The van der Waals surface area contributed by atoms with E-state index in [1.54, 1.807) is 0 Å². The van der Waals surface area contributed by atoms with Gasteiger partial charge in [0.1, 0.15) is 0 Å². The van der Waals surface area contributed by atoms with Crippen molar-refractivity contribution in [2.24, 2.45) is 0 Å². The smallest absolute Gasteiger partial charge is 0.0738 e. The highest BCUT2D eigenvalue weighted by Gasteiger charge is 2.22. The van der Waals surface area contributed by atoms with Crippen LogP contribution in [0.3, 0.4) is 0 Å². The van der Waals surface area contributed by atoms with Crippen molar-refractivity contribution >= 4 is 66.6 Å². The number of benzene rings is 2. The number of aromatic amines is 2. The van der Waals surface area contributed by atoms with E-state index in [0.29, 0.717) is 0 Å². The number of unbranched alkanes of at least 4 members (excludes halogenated alkanes) is 2. The van der Waals surface area contributed by atoms with Gasteiger partial charge in [0, 0.05) is 36.8 Å². The number of hydrogen-bond donors (Lipinski definition) is 2. The first-order chi connectivity index (χ1) is 22.8. The molecule has 0 aliphatic carbocycles. The van der Waals surface area contributed by atoms with Crippen LogP contribution in [-0.4, -0.2) is 19.9 Å². The average Bonchev–Trinajstić information content (AvgIpc) is 3.75. The van der Waals surface area contributed by atoms with Crippen LogP contribution >= 0.6 is 22.6 Å². The molecule has 5 heteroatoms. The predicted molar refractivity (Wildman–Crippen MR) is 210 cm³/mol. The minimum Gasteiger partial charge on any atom is -0.355 e. The zero-order chi connectivity index (χ0) is 32.8. The standard InChI is InChI=1S/C42H45IN4/c1-7-11-13-31-24(5)35-20-41-33-18-26-15-16-28(43)17-27(26)19-34(33)42(47-41)21-36-25(6)32(14-12-8-2)40(45-36)23-38-30(10-4)29(9-3)37(46-38)22-39(31)44-35/h15-23,44,46H,7-14H2,1-6H3. The van der Waals surface area contributed by atoms with Crippen molar-refractivity contribution < 1.29 is 0 Å². The van der Waals surface area contributed by atoms with E-state index >= 15 is 0 Å². The highest BCUT2D eigenvalue weighted by Crippen LogP contribution is 2.41. The Balaban J connectivity index is 1.63. The maximum absolute atomic E-state index is 5.36. The van der Waals surface area contributed by atoms with Crippen LogP contribution in [0.15, 0.2) is 54.6 Å². The molecule has 8 bridgehead atoms. The first kappa shape index (κ1) is 31.9. The van der Waals surface area contributed by atoms with Gasteiger partial charge in [-0.1, -0.05) is 46.6 Å². The number of hydrogen-bond acceptors (Lipinski definition) is 2. The van der Waals surface area contributed by atoms with Gasteiger partial charge in [0.15, 0.2) is 0 Å². The third-order valence-corrected chi connectivity index (χ3v) is 10.9. The van der Waals surface area contributed by atoms with Crippen LogP contribution in [0.5, 0.6) is 0 Å². The van der Waals surface area contributed by atoms with Gasteiger partial charge in [-0.25, -0.2) is 9.97 Å². The van der Waals surface area contributed by atoms with Crippen molar-refractivity contribution in [2.45, 2.75) is 92.9 Å². The van der Waals surface area contributed by atoms with Gasteiger partial charge in [-0.15, -0.1) is 0 Å². The van der Waals surface area contributed by atoms with Gasteiger partial charge in [-0.2, -0.15) is 0 Å². The highest BCUT2D eigenvalue weighted by atomic mass is 127. The Hall–Kier alpha value is -3.71. The normalized spacial score (nSPS) is 12.7. The molecule has 47 heavy (non-hydrogen) atoms. The Morgan fingerprint density at radius 1 is 0.574 bits per heavy atom. The molecule has 0 atom stereocenters. The summed E-state index contributed by atoms with van der Waals surface area (Å²) < 4.78 is 1.24. The summed E-state index contributed by atoms with van der Waals surface area (Å²) in [4.78, 5) is 18.5. The molecule has 0 saturated carbocycles. The van der Waals surface area contributed by atoms with E-state index in [1.165, 1.54) is 81.8 Å². The van der Waals surface area contributed by atoms with Crippen LogP contribution in [0.4, 0.5) is 0 Å². The Bertz CT molecular complexity index is 2230. The second kappa shape index (κ2) is 13.1. The highest BCUT2D eigenvalue weighted by molar-refractivity contribution is 14.1. The molecule has 2 N–H and O–H groups in total. The number of aryl methyl sites for hydroxylation is 4. The van der Waals surface area contributed by atoms with Gasteiger partial charge in [-0.05, 0) is 168 Å². The van der Waals surface area contributed by atoms with Crippen LogP contribution in [-0.2, 0) is 19.3 Å². The second-order valence-corrected chi connectivity index (χ2v) is 14.5. The van der Waals surface area contributed by atoms with Crippen molar-refractivity contribution in [1.29, 1.82) is 0 Å². The zero-order valence-electron chi connectivity index (χ0n) is 28.6. The van der Waals surface area contributed by atoms with Crippen molar-refractivity contribution in [2.75, 3.05) is 0 Å². The minimum absolute atomic E-state index is 0.979. The fourth-order valence-electron chi connectivity index (χ4n) is 7.56. The molecule has 2 aliphatic heterocycles. The van der Waals surface area contributed by atoms with Crippen molar-refractivity contribution in [1.82, 2.24) is 19.9 Å². The lowest BCUT2D eigenvalue weighted by molar-refractivity contribution is 0.797. The van der Waals surface area contributed by atoms with Crippen LogP contribution < -0.4 is 0 Å². The van der Waals surface area contributed by atoms with Crippen LogP contribution in [0.2, 0.25) is 0 Å². The summed E-state index contributed by atoms with van der Waals surface area (Å²) in [6.45, 7) is 13.6. The largest absolute Gasteiger partial charge is 0.355 e. The van der Waals surface area contributed by atoms with Gasteiger partial charge in [-0.3, -0.25) is 0 Å². The summed E-state index contributed by atoms with van der Waals surface area (Å²) in [5.41, 5.74) is 19.3. The molecule has 3 aromatic heterocycles. The molecule has 7 rings (SSSR count). The fraction of sp³-hybridized carbons (Fsp3) is 0.333. The summed E-state index contributed by atoms with van der Waals surface area (Å²) in [5.74, 6) is 0. The lowest BCUT2D eigenvalue weighted by atomic mass is 9.97. The Kier molecular flexibility index (Phi) is 8.86. The third kappa shape index (κ3) is 5.75. The third-order valence-electron chi connectivity index (χ3n) is 10.2. The predicted octanol–water partition coefficient (Wildman–Crippen LogP) is 12.3. The zero-order valence-corrected chi connectivity index (χ0v) is 30.8. The fourth-order valence-corrected chi connectivity index (χ4v) is 8.08. The van der Waals surface area contributed by atoms with Gasteiger partial charge in [0.25, 0.3) is 0 Å². The number of nitrogens with zero attached hydrogens (tertiary/aromatic N) is 2. The van der Waals surface area contributed by atoms with E-state index in [1.807, 2.05) is 0 Å². The minimum atomic E-state index is 0.979. The second-order valence-electron chi connectivity index (χ2n) is 13.2. The van der Waals surface area contributed by atoms with E-state index < -0.39 is 0 Å². The molecule has 2 aliphatic rings. The van der Waals surface area contributed by atoms with E-state index in [2.05, 4.69) is 129 Å². The molecule has 4 nitrogen and oxygen atoms in total. The quantitative estimate of drug-likeness (QED) is 0.153. The van der Waals surface area contributed by atoms with Gasteiger partial charge in [0.05, 0.1) is 22.8 Å². The molecule has 0 fully saturated rings. The summed E-state index contributed by atoms with van der Waals surface area (Å²) >= 11 is 2.41. The number of nitrogens with one attached hydrogen (secondary N) is 2. The molecule has 240 valence electrons. The van der Waals surface area contributed by atoms with Crippen LogP contribution in [0, 0.1) is 10.5 Å². The van der Waals surface area contributed by atoms with Crippen molar-refractivity contribution in [3.05, 3.63) is 91.8 Å².